The first-order valence-electron chi connectivity index (χ1n) is 4.42. The molecule has 0 radical (unpaired) electrons. The van der Waals surface area contributed by atoms with Crippen molar-refractivity contribution >= 4 is 10.4 Å². The zero-order valence-corrected chi connectivity index (χ0v) is 10.0. The fourth-order valence-corrected chi connectivity index (χ4v) is 1.37. The molecule has 0 aromatic heterocycles. The fourth-order valence-electron chi connectivity index (χ4n) is 0.821. The molecular formula is C6H5N3O10S+2. The van der Waals surface area contributed by atoms with Gasteiger partial charge in [0.2, 0.25) is 4.94 Å². The van der Waals surface area contributed by atoms with Crippen LogP contribution in [-0.2, 0) is 24.6 Å². The van der Waals surface area contributed by atoms with Crippen molar-refractivity contribution in [3.05, 3.63) is 50.3 Å². The maximum Gasteiger partial charge on any atom is 0.569 e. The third-order valence-corrected chi connectivity index (χ3v) is 2.06. The van der Waals surface area contributed by atoms with Crippen LogP contribution in [0.3, 0.4) is 0 Å². The summed E-state index contributed by atoms with van der Waals surface area (Å²) in [6.45, 7) is 0. The Bertz CT molecular complexity index is 613. The minimum Gasteiger partial charge on any atom is -0.349 e. The molecule has 13 nitrogen and oxygen atoms in total. The lowest BCUT2D eigenvalue weighted by Crippen LogP contribution is -2.25. The number of nitrogens with zero attached hydrogens (tertiary/aromatic N) is 3. The second-order valence-corrected chi connectivity index (χ2v) is 3.85. The Kier molecular flexibility index (Phi) is 4.68. The van der Waals surface area contributed by atoms with E-state index in [-0.39, 0.29) is 5.75 Å². The number of benzene rings is 1. The normalized spacial score (nSPS) is 10.2. The van der Waals surface area contributed by atoms with Crippen molar-refractivity contribution in [1.29, 1.82) is 0 Å². The van der Waals surface area contributed by atoms with Crippen LogP contribution in [0.2, 0.25) is 0 Å². The molecule has 0 aliphatic carbocycles. The average molecular weight is 311 g/mol. The molecular weight excluding hydrogens is 306 g/mol. The summed E-state index contributed by atoms with van der Waals surface area (Å²) in [5.41, 5.74) is 0. The molecule has 1 aromatic carbocycles. The zero-order valence-electron chi connectivity index (χ0n) is 9.22. The van der Waals surface area contributed by atoms with Crippen molar-refractivity contribution < 1.29 is 42.0 Å². The van der Waals surface area contributed by atoms with Crippen LogP contribution in [0.5, 0.6) is 5.75 Å². The Hall–Kier alpha value is -3.03. The van der Waals surface area contributed by atoms with Gasteiger partial charge in [0.15, 0.2) is 0 Å². The van der Waals surface area contributed by atoms with Gasteiger partial charge in [0.05, 0.1) is 4.94 Å². The van der Waals surface area contributed by atoms with Gasteiger partial charge in [0, 0.05) is 0 Å². The highest BCUT2D eigenvalue weighted by atomic mass is 32.3. The molecule has 14 heteroatoms. The summed E-state index contributed by atoms with van der Waals surface area (Å²) in [5.74, 6) is -0.193. The Morgan fingerprint density at radius 3 is 2.10 bits per heavy atom. The molecule has 1 aromatic rings. The average Bonchev–Trinajstić information content (AvgIpc) is 2.26. The van der Waals surface area contributed by atoms with Crippen LogP contribution >= 0.6 is 0 Å². The standard InChI is InChI=1S/C6H5N3O10S/c10-7(11)17-8(12)18-9(13)19-20(14,15)16-6-4-2-1-3-5-6/h1-5H/q+2. The molecule has 0 spiro atoms. The maximum absolute atomic E-state index is 11.2. The summed E-state index contributed by atoms with van der Waals surface area (Å²) >= 11 is 0. The monoisotopic (exact) mass is 311 g/mol. The molecule has 20 heavy (non-hydrogen) atoms. The quantitative estimate of drug-likeness (QED) is 0.464. The summed E-state index contributed by atoms with van der Waals surface area (Å²) in [6.07, 6.45) is 0. The van der Waals surface area contributed by atoms with Crippen molar-refractivity contribution in [2.24, 2.45) is 0 Å². The van der Waals surface area contributed by atoms with Crippen molar-refractivity contribution in [3.8, 4) is 5.75 Å². The van der Waals surface area contributed by atoms with E-state index in [1.165, 1.54) is 24.3 Å². The van der Waals surface area contributed by atoms with Crippen molar-refractivity contribution in [2.45, 2.75) is 0 Å². The first kappa shape index (κ1) is 15.0. The highest BCUT2D eigenvalue weighted by molar-refractivity contribution is 7.82. The number of hydrogen-bond donors (Lipinski definition) is 0. The van der Waals surface area contributed by atoms with Gasteiger partial charge in [-0.1, -0.05) is 18.2 Å². The maximum atomic E-state index is 11.2. The second-order valence-electron chi connectivity index (χ2n) is 2.71. The number of para-hydroxylation sites is 1. The molecule has 0 saturated heterocycles. The number of rotatable bonds is 8. The molecule has 0 saturated carbocycles. The lowest BCUT2D eigenvalue weighted by Gasteiger charge is -1.98. The highest BCUT2D eigenvalue weighted by Gasteiger charge is 2.40. The first-order chi connectivity index (χ1) is 9.28. The third-order valence-electron chi connectivity index (χ3n) is 1.36. The van der Waals surface area contributed by atoms with Gasteiger partial charge in [0.1, 0.15) is 15.6 Å². The smallest absolute Gasteiger partial charge is 0.349 e. The van der Waals surface area contributed by atoms with E-state index in [2.05, 4.69) is 18.3 Å². The Labute approximate surface area is 109 Å². The van der Waals surface area contributed by atoms with Gasteiger partial charge in [-0.05, 0) is 16.4 Å². The van der Waals surface area contributed by atoms with Crippen LogP contribution in [0.15, 0.2) is 30.3 Å². The SMILES string of the molecule is O=[N+]([O-])O[N+](=O)O[N+](=O)OS(=O)(=O)Oc1ccccc1. The van der Waals surface area contributed by atoms with E-state index in [0.717, 1.165) is 0 Å². The van der Waals surface area contributed by atoms with Crippen LogP contribution in [0, 0.1) is 19.9 Å². The Morgan fingerprint density at radius 2 is 1.55 bits per heavy atom. The van der Waals surface area contributed by atoms with E-state index in [1.54, 1.807) is 6.07 Å². The molecule has 0 N–H and O–H groups in total. The van der Waals surface area contributed by atoms with Crippen molar-refractivity contribution in [3.63, 3.8) is 0 Å². The fraction of sp³-hybridized carbons (Fsp3) is 0. The van der Waals surface area contributed by atoms with Crippen LogP contribution < -0.4 is 4.18 Å². The lowest BCUT2D eigenvalue weighted by molar-refractivity contribution is -1.26. The molecule has 0 unspecified atom stereocenters. The predicted octanol–water partition coefficient (Wildman–Crippen LogP) is -0.231. The van der Waals surface area contributed by atoms with Gasteiger partial charge < -0.3 is 4.18 Å². The summed E-state index contributed by atoms with van der Waals surface area (Å²) in [4.78, 5) is 37.2. The lowest BCUT2D eigenvalue weighted by atomic mass is 10.3. The van der Waals surface area contributed by atoms with Crippen molar-refractivity contribution in [1.82, 2.24) is 0 Å². The third kappa shape index (κ3) is 5.54. The summed E-state index contributed by atoms with van der Waals surface area (Å²) in [6, 6.07) is 6.88. The molecule has 0 heterocycles. The topological polar surface area (TPSA) is 154 Å². The molecule has 1 rings (SSSR count). The first-order valence-corrected chi connectivity index (χ1v) is 5.76. The minimum atomic E-state index is -4.91. The molecule has 0 aliphatic heterocycles. The van der Waals surface area contributed by atoms with Gasteiger partial charge in [-0.15, -0.1) is 18.5 Å². The van der Waals surface area contributed by atoms with Gasteiger partial charge in [-0.2, -0.15) is 0 Å². The molecule has 108 valence electrons. The Balaban J connectivity index is 2.56. The van der Waals surface area contributed by atoms with E-state index in [1.807, 2.05) is 0 Å². The molecule has 0 bridgehead atoms. The zero-order chi connectivity index (χ0) is 15.2. The van der Waals surface area contributed by atoms with E-state index in [4.69, 9.17) is 0 Å². The molecule has 0 atom stereocenters. The largest absolute Gasteiger partial charge is 0.569 e. The summed E-state index contributed by atoms with van der Waals surface area (Å²) in [5, 5.41) is 5.49. The number of hydrogen-bond acceptors (Lipinski definition) is 10. The highest BCUT2D eigenvalue weighted by Crippen LogP contribution is 2.12. The van der Waals surface area contributed by atoms with E-state index < -0.39 is 25.7 Å². The summed E-state index contributed by atoms with van der Waals surface area (Å²) < 4.78 is 30.1. The summed E-state index contributed by atoms with van der Waals surface area (Å²) in [7, 11) is -4.91. The Morgan fingerprint density at radius 1 is 0.950 bits per heavy atom. The second kappa shape index (κ2) is 6.23. The van der Waals surface area contributed by atoms with Crippen LogP contribution in [0.1, 0.15) is 0 Å². The van der Waals surface area contributed by atoms with Gasteiger partial charge in [-0.3, -0.25) is 0 Å². The van der Waals surface area contributed by atoms with Crippen LogP contribution in [-0.4, -0.2) is 23.7 Å². The van der Waals surface area contributed by atoms with Crippen molar-refractivity contribution in [2.75, 3.05) is 0 Å². The van der Waals surface area contributed by atoms with Gasteiger partial charge in [-0.25, -0.2) is 0 Å². The van der Waals surface area contributed by atoms with E-state index >= 15 is 0 Å². The molecule has 0 amide bonds. The van der Waals surface area contributed by atoms with Gasteiger partial charge >= 0.3 is 25.7 Å². The minimum absolute atomic E-state index is 0.193. The molecule has 0 aliphatic rings. The van der Waals surface area contributed by atoms with E-state index in [9.17, 15) is 28.3 Å². The van der Waals surface area contributed by atoms with Crippen LogP contribution in [0.4, 0.5) is 0 Å². The van der Waals surface area contributed by atoms with E-state index in [0.29, 0.717) is 0 Å². The predicted molar refractivity (Wildman–Crippen MR) is 53.5 cm³/mol. The molecule has 0 fully saturated rings. The van der Waals surface area contributed by atoms with Crippen LogP contribution in [0.25, 0.3) is 0 Å². The van der Waals surface area contributed by atoms with Gasteiger partial charge in [0.25, 0.3) is 0 Å².